The van der Waals surface area contributed by atoms with E-state index in [1.807, 2.05) is 30.0 Å². The summed E-state index contributed by atoms with van der Waals surface area (Å²) in [5.74, 6) is 4.07. The first-order valence-corrected chi connectivity index (χ1v) is 9.73. The molecule has 0 radical (unpaired) electrons. The maximum absolute atomic E-state index is 12.2. The van der Waals surface area contributed by atoms with Gasteiger partial charge >= 0.3 is 0 Å². The fourth-order valence-electron chi connectivity index (χ4n) is 2.37. The molecule has 0 unspecified atom stereocenters. The SMILES string of the molecule is CCCSc1ccc(N)c(NC(=O)CC2CCSCC2)c1. The van der Waals surface area contributed by atoms with Gasteiger partial charge in [0.05, 0.1) is 11.4 Å². The topological polar surface area (TPSA) is 55.1 Å². The van der Waals surface area contributed by atoms with Gasteiger partial charge in [0.1, 0.15) is 0 Å². The lowest BCUT2D eigenvalue weighted by Crippen LogP contribution is -2.20. The molecule has 21 heavy (non-hydrogen) atoms. The molecule has 1 fully saturated rings. The molecular weight excluding hydrogens is 300 g/mol. The highest BCUT2D eigenvalue weighted by Gasteiger charge is 2.17. The van der Waals surface area contributed by atoms with Crippen LogP contribution in [0.1, 0.15) is 32.6 Å². The van der Waals surface area contributed by atoms with Gasteiger partial charge in [-0.3, -0.25) is 4.79 Å². The molecule has 1 heterocycles. The molecule has 1 aromatic carbocycles. The predicted molar refractivity (Wildman–Crippen MR) is 95.2 cm³/mol. The van der Waals surface area contributed by atoms with Gasteiger partial charge in [-0.1, -0.05) is 6.92 Å². The molecule has 1 saturated heterocycles. The fourth-order valence-corrected chi connectivity index (χ4v) is 4.38. The van der Waals surface area contributed by atoms with E-state index in [0.717, 1.165) is 35.6 Å². The van der Waals surface area contributed by atoms with Crippen molar-refractivity contribution in [3.63, 3.8) is 0 Å². The lowest BCUT2D eigenvalue weighted by atomic mass is 9.98. The summed E-state index contributed by atoms with van der Waals surface area (Å²) < 4.78 is 0. The van der Waals surface area contributed by atoms with E-state index < -0.39 is 0 Å². The zero-order valence-electron chi connectivity index (χ0n) is 12.6. The lowest BCUT2D eigenvalue weighted by molar-refractivity contribution is -0.117. The summed E-state index contributed by atoms with van der Waals surface area (Å²) in [6.07, 6.45) is 4.06. The standard InChI is InChI=1S/C16H24N2OS2/c1-2-7-21-13-3-4-14(17)15(11-13)18-16(19)10-12-5-8-20-9-6-12/h3-4,11-12H,2,5-10,17H2,1H3,(H,18,19). The first kappa shape index (κ1) is 16.6. The molecule has 3 nitrogen and oxygen atoms in total. The van der Waals surface area contributed by atoms with Crippen LogP contribution in [0.3, 0.4) is 0 Å². The number of rotatable bonds is 6. The number of nitrogens with one attached hydrogen (secondary N) is 1. The first-order chi connectivity index (χ1) is 10.2. The second kappa shape index (κ2) is 8.59. The Morgan fingerprint density at radius 1 is 1.43 bits per heavy atom. The van der Waals surface area contributed by atoms with Crippen molar-refractivity contribution in [3.05, 3.63) is 18.2 Å². The van der Waals surface area contributed by atoms with Gasteiger partial charge < -0.3 is 11.1 Å². The molecule has 1 aliphatic rings. The number of carbonyl (C=O) groups excluding carboxylic acids is 1. The Kier molecular flexibility index (Phi) is 6.77. The molecule has 1 aromatic rings. The van der Waals surface area contributed by atoms with Crippen LogP contribution >= 0.6 is 23.5 Å². The van der Waals surface area contributed by atoms with Crippen molar-refractivity contribution in [3.8, 4) is 0 Å². The molecule has 0 atom stereocenters. The van der Waals surface area contributed by atoms with Gasteiger partial charge in [0.25, 0.3) is 0 Å². The van der Waals surface area contributed by atoms with Gasteiger partial charge in [-0.25, -0.2) is 0 Å². The number of anilines is 2. The largest absolute Gasteiger partial charge is 0.397 e. The van der Waals surface area contributed by atoms with Gasteiger partial charge in [0.15, 0.2) is 0 Å². The lowest BCUT2D eigenvalue weighted by Gasteiger charge is -2.20. The van der Waals surface area contributed by atoms with Crippen LogP contribution in [0.15, 0.2) is 23.1 Å². The van der Waals surface area contributed by atoms with Crippen molar-refractivity contribution in [2.45, 2.75) is 37.5 Å². The third kappa shape index (κ3) is 5.47. The summed E-state index contributed by atoms with van der Waals surface area (Å²) in [4.78, 5) is 13.3. The van der Waals surface area contributed by atoms with Crippen LogP contribution in [0.25, 0.3) is 0 Å². The van der Waals surface area contributed by atoms with Crippen LogP contribution in [0.4, 0.5) is 11.4 Å². The summed E-state index contributed by atoms with van der Waals surface area (Å²) in [7, 11) is 0. The molecule has 5 heteroatoms. The molecule has 0 aliphatic carbocycles. The van der Waals surface area contributed by atoms with E-state index in [-0.39, 0.29) is 5.91 Å². The van der Waals surface area contributed by atoms with Crippen LogP contribution < -0.4 is 11.1 Å². The molecular formula is C16H24N2OS2. The molecule has 1 aliphatic heterocycles. The van der Waals surface area contributed by atoms with Crippen molar-refractivity contribution < 1.29 is 4.79 Å². The molecule has 0 saturated carbocycles. The van der Waals surface area contributed by atoms with E-state index in [9.17, 15) is 4.79 Å². The van der Waals surface area contributed by atoms with Crippen LogP contribution in [-0.2, 0) is 4.79 Å². The van der Waals surface area contributed by atoms with Crippen LogP contribution in [0, 0.1) is 5.92 Å². The van der Waals surface area contributed by atoms with Crippen LogP contribution in [0.2, 0.25) is 0 Å². The van der Waals surface area contributed by atoms with Crippen molar-refractivity contribution >= 4 is 40.8 Å². The van der Waals surface area contributed by atoms with Gasteiger partial charge in [-0.2, -0.15) is 11.8 Å². The first-order valence-electron chi connectivity index (χ1n) is 7.59. The molecule has 0 spiro atoms. The third-order valence-corrected chi connectivity index (χ3v) is 5.84. The van der Waals surface area contributed by atoms with Crippen LogP contribution in [0.5, 0.6) is 0 Å². The number of thioether (sulfide) groups is 2. The smallest absolute Gasteiger partial charge is 0.224 e. The van der Waals surface area contributed by atoms with E-state index in [1.165, 1.54) is 11.5 Å². The average molecular weight is 325 g/mol. The van der Waals surface area contributed by atoms with Crippen molar-refractivity contribution in [2.24, 2.45) is 5.92 Å². The normalized spacial score (nSPS) is 15.9. The second-order valence-corrected chi connectivity index (χ2v) is 7.80. The maximum Gasteiger partial charge on any atom is 0.224 e. The van der Waals surface area contributed by atoms with Gasteiger partial charge in [0.2, 0.25) is 5.91 Å². The summed E-state index contributed by atoms with van der Waals surface area (Å²) in [6, 6.07) is 5.89. The number of amides is 1. The summed E-state index contributed by atoms with van der Waals surface area (Å²) in [6.45, 7) is 2.16. The second-order valence-electron chi connectivity index (χ2n) is 5.41. The Morgan fingerprint density at radius 3 is 2.90 bits per heavy atom. The monoisotopic (exact) mass is 324 g/mol. The van der Waals surface area contributed by atoms with Crippen molar-refractivity contribution in [1.29, 1.82) is 0 Å². The predicted octanol–water partition coefficient (Wildman–Crippen LogP) is 4.24. The quantitative estimate of drug-likeness (QED) is 0.607. The van der Waals surface area contributed by atoms with Gasteiger partial charge in [-0.15, -0.1) is 11.8 Å². The zero-order valence-corrected chi connectivity index (χ0v) is 14.2. The minimum absolute atomic E-state index is 0.0937. The zero-order chi connectivity index (χ0) is 15.1. The molecule has 1 amide bonds. The van der Waals surface area contributed by atoms with Crippen LogP contribution in [-0.4, -0.2) is 23.2 Å². The number of hydrogen-bond donors (Lipinski definition) is 2. The average Bonchev–Trinajstić information content (AvgIpc) is 2.49. The summed E-state index contributed by atoms with van der Waals surface area (Å²) >= 11 is 3.78. The van der Waals surface area contributed by atoms with E-state index in [2.05, 4.69) is 12.2 Å². The van der Waals surface area contributed by atoms with Crippen molar-refractivity contribution in [1.82, 2.24) is 0 Å². The Hall–Kier alpha value is -0.810. The van der Waals surface area contributed by atoms with Gasteiger partial charge in [0, 0.05) is 11.3 Å². The molecule has 3 N–H and O–H groups in total. The number of carbonyl (C=O) groups is 1. The van der Waals surface area contributed by atoms with Crippen molar-refractivity contribution in [2.75, 3.05) is 28.3 Å². The number of benzene rings is 1. The Labute approximate surface area is 135 Å². The maximum atomic E-state index is 12.2. The fraction of sp³-hybridized carbons (Fsp3) is 0.562. The summed E-state index contributed by atoms with van der Waals surface area (Å²) in [5.41, 5.74) is 7.37. The highest BCUT2D eigenvalue weighted by molar-refractivity contribution is 7.99. The Balaban J connectivity index is 1.92. The van der Waals surface area contributed by atoms with E-state index in [0.29, 0.717) is 18.0 Å². The highest BCUT2D eigenvalue weighted by atomic mass is 32.2. The Bertz CT molecular complexity index is 473. The number of nitrogen functional groups attached to an aromatic ring is 1. The highest BCUT2D eigenvalue weighted by Crippen LogP contribution is 2.29. The number of hydrogen-bond acceptors (Lipinski definition) is 4. The minimum atomic E-state index is 0.0937. The molecule has 2 rings (SSSR count). The minimum Gasteiger partial charge on any atom is -0.397 e. The molecule has 0 bridgehead atoms. The Morgan fingerprint density at radius 2 is 2.19 bits per heavy atom. The molecule has 0 aromatic heterocycles. The molecule has 116 valence electrons. The third-order valence-electron chi connectivity index (χ3n) is 3.59. The van der Waals surface area contributed by atoms with E-state index >= 15 is 0 Å². The van der Waals surface area contributed by atoms with E-state index in [4.69, 9.17) is 5.73 Å². The van der Waals surface area contributed by atoms with E-state index in [1.54, 1.807) is 11.8 Å². The summed E-state index contributed by atoms with van der Waals surface area (Å²) in [5, 5.41) is 2.99. The van der Waals surface area contributed by atoms with Gasteiger partial charge in [-0.05, 0) is 60.6 Å². The number of nitrogens with two attached hydrogens (primary N) is 1.